The largest absolute Gasteiger partial charge is 0.375 e. The summed E-state index contributed by atoms with van der Waals surface area (Å²) < 4.78 is 0. The summed E-state index contributed by atoms with van der Waals surface area (Å²) in [5.41, 5.74) is 6.83. The van der Waals surface area contributed by atoms with Gasteiger partial charge in [0.2, 0.25) is 0 Å². The van der Waals surface area contributed by atoms with Gasteiger partial charge < -0.3 is 5.73 Å². The molecule has 1 atom stereocenters. The van der Waals surface area contributed by atoms with Gasteiger partial charge in [0, 0.05) is 42.0 Å². The summed E-state index contributed by atoms with van der Waals surface area (Å²) in [6, 6.07) is 2.03. The van der Waals surface area contributed by atoms with Gasteiger partial charge in [-0.2, -0.15) is 0 Å². The fourth-order valence-electron chi connectivity index (χ4n) is 2.60. The molecule has 0 aliphatic carbocycles. The van der Waals surface area contributed by atoms with Crippen molar-refractivity contribution in [3.63, 3.8) is 0 Å². The van der Waals surface area contributed by atoms with Gasteiger partial charge in [-0.1, -0.05) is 0 Å². The minimum atomic E-state index is 0.516. The van der Waals surface area contributed by atoms with Crippen LogP contribution in [0.5, 0.6) is 0 Å². The minimum Gasteiger partial charge on any atom is -0.375 e. The van der Waals surface area contributed by atoms with E-state index in [1.807, 2.05) is 18.5 Å². The van der Waals surface area contributed by atoms with E-state index >= 15 is 0 Å². The maximum atomic E-state index is 5.67. The van der Waals surface area contributed by atoms with Crippen molar-refractivity contribution in [2.24, 2.45) is 0 Å². The molecule has 0 unspecified atom stereocenters. The van der Waals surface area contributed by atoms with Gasteiger partial charge in [-0.3, -0.25) is 4.90 Å². The van der Waals surface area contributed by atoms with E-state index in [1.54, 1.807) is 17.7 Å². The second kappa shape index (κ2) is 5.63. The molecule has 1 saturated heterocycles. The van der Waals surface area contributed by atoms with Crippen molar-refractivity contribution in [1.29, 1.82) is 0 Å². The van der Waals surface area contributed by atoms with Crippen LogP contribution in [0.2, 0.25) is 0 Å². The van der Waals surface area contributed by atoms with Crippen LogP contribution in [-0.2, 0) is 6.54 Å². The number of likely N-dealkylation sites (tertiary alicyclic amines) is 1. The zero-order chi connectivity index (χ0) is 13.1. The molecule has 1 fully saturated rings. The highest BCUT2D eigenvalue weighted by molar-refractivity contribution is 7.15. The highest BCUT2D eigenvalue weighted by Crippen LogP contribution is 2.27. The van der Waals surface area contributed by atoms with Gasteiger partial charge >= 0.3 is 0 Å². The predicted molar refractivity (Wildman–Crippen MR) is 75.8 cm³/mol. The monoisotopic (exact) mass is 275 g/mol. The summed E-state index contributed by atoms with van der Waals surface area (Å²) in [5, 5.41) is 0.652. The van der Waals surface area contributed by atoms with Crippen LogP contribution in [0, 0.1) is 0 Å². The van der Waals surface area contributed by atoms with Crippen molar-refractivity contribution in [3.8, 4) is 0 Å². The molecule has 0 saturated carbocycles. The first-order valence-corrected chi connectivity index (χ1v) is 7.31. The number of thiazole rings is 1. The van der Waals surface area contributed by atoms with E-state index in [-0.39, 0.29) is 0 Å². The van der Waals surface area contributed by atoms with E-state index in [2.05, 4.69) is 19.9 Å². The van der Waals surface area contributed by atoms with Crippen molar-refractivity contribution in [2.45, 2.75) is 25.3 Å². The third-order valence-electron chi connectivity index (χ3n) is 3.48. The first-order valence-electron chi connectivity index (χ1n) is 6.50. The van der Waals surface area contributed by atoms with Gasteiger partial charge in [-0.15, -0.1) is 11.3 Å². The predicted octanol–water partition coefficient (Wildman–Crippen LogP) is 1.89. The van der Waals surface area contributed by atoms with E-state index in [0.29, 0.717) is 11.0 Å². The molecular formula is C13H17N5S. The zero-order valence-corrected chi connectivity index (χ0v) is 11.5. The van der Waals surface area contributed by atoms with Gasteiger partial charge in [-0.05, 0) is 25.5 Å². The Balaban J connectivity index is 1.65. The quantitative estimate of drug-likeness (QED) is 0.926. The van der Waals surface area contributed by atoms with Gasteiger partial charge in [0.15, 0.2) is 5.13 Å². The lowest BCUT2D eigenvalue weighted by Gasteiger charge is -2.31. The topological polar surface area (TPSA) is 67.9 Å². The zero-order valence-electron chi connectivity index (χ0n) is 10.7. The second-order valence-electron chi connectivity index (χ2n) is 4.87. The molecule has 1 aliphatic heterocycles. The third kappa shape index (κ3) is 3.08. The highest BCUT2D eigenvalue weighted by atomic mass is 32.1. The molecule has 2 aromatic rings. The summed E-state index contributed by atoms with van der Waals surface area (Å²) >= 11 is 1.58. The van der Waals surface area contributed by atoms with Crippen molar-refractivity contribution in [1.82, 2.24) is 19.9 Å². The van der Waals surface area contributed by atoms with Gasteiger partial charge in [0.25, 0.3) is 0 Å². The molecule has 0 amide bonds. The molecule has 0 radical (unpaired) electrons. The summed E-state index contributed by atoms with van der Waals surface area (Å²) in [6.07, 6.45) is 7.76. The molecular weight excluding hydrogens is 258 g/mol. The maximum Gasteiger partial charge on any atom is 0.180 e. The molecule has 1 aliphatic rings. The Labute approximate surface area is 116 Å². The molecule has 5 nitrogen and oxygen atoms in total. The minimum absolute atomic E-state index is 0.516. The van der Waals surface area contributed by atoms with Gasteiger partial charge in [0.1, 0.15) is 6.33 Å². The van der Waals surface area contributed by atoms with Crippen LogP contribution in [-0.4, -0.2) is 32.9 Å². The van der Waals surface area contributed by atoms with Crippen molar-refractivity contribution in [3.05, 3.63) is 35.4 Å². The van der Waals surface area contributed by atoms with Crippen molar-refractivity contribution in [2.75, 3.05) is 18.8 Å². The Bertz CT molecular complexity index is 527. The molecule has 0 bridgehead atoms. The fraction of sp³-hybridized carbons (Fsp3) is 0.462. The Morgan fingerprint density at radius 2 is 2.37 bits per heavy atom. The Morgan fingerprint density at radius 3 is 3.11 bits per heavy atom. The van der Waals surface area contributed by atoms with Gasteiger partial charge in [-0.25, -0.2) is 15.0 Å². The molecule has 0 aromatic carbocycles. The number of nitrogen functional groups attached to an aromatic ring is 1. The molecule has 19 heavy (non-hydrogen) atoms. The van der Waals surface area contributed by atoms with Crippen LogP contribution in [0.25, 0.3) is 0 Å². The lowest BCUT2D eigenvalue weighted by molar-refractivity contribution is 0.200. The highest BCUT2D eigenvalue weighted by Gasteiger charge is 2.22. The standard InChI is InChI=1S/C13H17N5S/c14-13-16-6-11(19-13)8-18-5-1-2-10(7-18)12-3-4-15-9-17-12/h3-4,6,9-10H,1-2,5,7-8H2,(H2,14,16)/t10-/m0/s1. The number of nitrogens with zero attached hydrogens (tertiary/aromatic N) is 4. The fourth-order valence-corrected chi connectivity index (χ4v) is 3.33. The second-order valence-corrected chi connectivity index (χ2v) is 6.02. The average Bonchev–Trinajstić information content (AvgIpc) is 2.85. The lowest BCUT2D eigenvalue weighted by Crippen LogP contribution is -2.33. The molecule has 0 spiro atoms. The first kappa shape index (κ1) is 12.5. The molecule has 3 heterocycles. The summed E-state index contributed by atoms with van der Waals surface area (Å²) in [7, 11) is 0. The first-order chi connectivity index (χ1) is 9.31. The van der Waals surface area contributed by atoms with E-state index in [0.717, 1.165) is 25.3 Å². The smallest absolute Gasteiger partial charge is 0.180 e. The number of piperidine rings is 1. The van der Waals surface area contributed by atoms with E-state index in [4.69, 9.17) is 5.73 Å². The number of aromatic nitrogens is 3. The van der Waals surface area contributed by atoms with Crippen LogP contribution in [0.3, 0.4) is 0 Å². The van der Waals surface area contributed by atoms with E-state index in [9.17, 15) is 0 Å². The number of nitrogens with two attached hydrogens (primary N) is 1. The molecule has 100 valence electrons. The normalized spacial score (nSPS) is 20.5. The number of rotatable bonds is 3. The Kier molecular flexibility index (Phi) is 3.70. The van der Waals surface area contributed by atoms with Crippen LogP contribution >= 0.6 is 11.3 Å². The van der Waals surface area contributed by atoms with Crippen LogP contribution in [0.1, 0.15) is 29.3 Å². The molecule has 6 heteroatoms. The Morgan fingerprint density at radius 1 is 1.42 bits per heavy atom. The number of hydrogen-bond acceptors (Lipinski definition) is 6. The van der Waals surface area contributed by atoms with E-state index in [1.165, 1.54) is 17.7 Å². The summed E-state index contributed by atoms with van der Waals surface area (Å²) in [6.45, 7) is 3.13. The van der Waals surface area contributed by atoms with Crippen molar-refractivity contribution >= 4 is 16.5 Å². The maximum absolute atomic E-state index is 5.67. The molecule has 2 N–H and O–H groups in total. The number of hydrogen-bond donors (Lipinski definition) is 1. The SMILES string of the molecule is Nc1ncc(CN2CCC[C@H](c3ccncn3)C2)s1. The average molecular weight is 275 g/mol. The molecule has 3 rings (SSSR count). The van der Waals surface area contributed by atoms with Crippen molar-refractivity contribution < 1.29 is 0 Å². The lowest BCUT2D eigenvalue weighted by atomic mass is 9.94. The van der Waals surface area contributed by atoms with Crippen LogP contribution in [0.15, 0.2) is 24.8 Å². The van der Waals surface area contributed by atoms with E-state index < -0.39 is 0 Å². The number of anilines is 1. The summed E-state index contributed by atoms with van der Waals surface area (Å²) in [4.78, 5) is 16.2. The summed E-state index contributed by atoms with van der Waals surface area (Å²) in [5.74, 6) is 0.516. The molecule has 2 aromatic heterocycles. The van der Waals surface area contributed by atoms with Crippen LogP contribution < -0.4 is 5.73 Å². The Hall–Kier alpha value is -1.53. The van der Waals surface area contributed by atoms with Crippen LogP contribution in [0.4, 0.5) is 5.13 Å². The third-order valence-corrected chi connectivity index (χ3v) is 4.29. The van der Waals surface area contributed by atoms with Gasteiger partial charge in [0.05, 0.1) is 0 Å².